The van der Waals surface area contributed by atoms with Crippen molar-refractivity contribution in [2.75, 3.05) is 19.4 Å². The molecule has 6 heteroatoms. The van der Waals surface area contributed by atoms with Gasteiger partial charge >= 0.3 is 5.97 Å². The van der Waals surface area contributed by atoms with Crippen LogP contribution in [0.1, 0.15) is 13.3 Å². The summed E-state index contributed by atoms with van der Waals surface area (Å²) < 4.78 is 4.74. The monoisotopic (exact) mass is 288 g/mol. The van der Waals surface area contributed by atoms with Crippen LogP contribution in [-0.2, 0) is 9.53 Å². The SMILES string of the molecule is CCNC(CCSc1ncccc1Cl)C(=O)OC. The molecule has 1 rings (SSSR count). The predicted molar refractivity (Wildman–Crippen MR) is 74.1 cm³/mol. The number of nitrogens with one attached hydrogen (secondary N) is 1. The van der Waals surface area contributed by atoms with Crippen LogP contribution in [0.5, 0.6) is 0 Å². The number of pyridine rings is 1. The number of nitrogens with zero attached hydrogens (tertiary/aromatic N) is 1. The Balaban J connectivity index is 2.44. The van der Waals surface area contributed by atoms with Crippen molar-refractivity contribution in [3.8, 4) is 0 Å². The van der Waals surface area contributed by atoms with Crippen molar-refractivity contribution in [1.82, 2.24) is 10.3 Å². The van der Waals surface area contributed by atoms with Gasteiger partial charge in [0.1, 0.15) is 11.1 Å². The van der Waals surface area contributed by atoms with E-state index < -0.39 is 0 Å². The molecule has 1 atom stereocenters. The summed E-state index contributed by atoms with van der Waals surface area (Å²) in [6.45, 7) is 2.69. The maximum absolute atomic E-state index is 11.5. The quantitative estimate of drug-likeness (QED) is 0.617. The lowest BCUT2D eigenvalue weighted by Gasteiger charge is -2.14. The summed E-state index contributed by atoms with van der Waals surface area (Å²) in [7, 11) is 1.40. The molecule has 0 spiro atoms. The van der Waals surface area contributed by atoms with Crippen LogP contribution in [-0.4, -0.2) is 36.4 Å². The molecule has 0 saturated heterocycles. The fourth-order valence-corrected chi connectivity index (χ4v) is 2.62. The molecule has 0 fully saturated rings. The number of carbonyl (C=O) groups excluding carboxylic acids is 1. The number of hydrogen-bond acceptors (Lipinski definition) is 5. The molecule has 4 nitrogen and oxygen atoms in total. The van der Waals surface area contributed by atoms with Gasteiger partial charge in [0.25, 0.3) is 0 Å². The molecular weight excluding hydrogens is 272 g/mol. The Labute approximate surface area is 116 Å². The Morgan fingerprint density at radius 3 is 3.06 bits per heavy atom. The molecule has 1 aromatic rings. The number of thioether (sulfide) groups is 1. The minimum absolute atomic E-state index is 0.232. The fraction of sp³-hybridized carbons (Fsp3) is 0.500. The number of esters is 1. The van der Waals surface area contributed by atoms with Gasteiger partial charge < -0.3 is 10.1 Å². The van der Waals surface area contributed by atoms with Gasteiger partial charge in [-0.05, 0) is 25.1 Å². The lowest BCUT2D eigenvalue weighted by Crippen LogP contribution is -2.37. The third-order valence-corrected chi connectivity index (χ3v) is 3.76. The van der Waals surface area contributed by atoms with Gasteiger partial charge in [0.2, 0.25) is 0 Å². The highest BCUT2D eigenvalue weighted by Crippen LogP contribution is 2.24. The molecular formula is C12H17ClN2O2S. The summed E-state index contributed by atoms with van der Waals surface area (Å²) in [5, 5.41) is 4.52. The first kappa shape index (κ1) is 15.3. The highest BCUT2D eigenvalue weighted by Gasteiger charge is 2.17. The van der Waals surface area contributed by atoms with E-state index in [9.17, 15) is 4.79 Å². The average molecular weight is 289 g/mol. The summed E-state index contributed by atoms with van der Waals surface area (Å²) >= 11 is 7.54. The molecule has 0 aliphatic carbocycles. The van der Waals surface area contributed by atoms with Crippen LogP contribution in [0.15, 0.2) is 23.4 Å². The third-order valence-electron chi connectivity index (χ3n) is 2.31. The van der Waals surface area contributed by atoms with Gasteiger partial charge in [-0.25, -0.2) is 4.98 Å². The molecule has 0 aliphatic heterocycles. The molecule has 1 unspecified atom stereocenters. The van der Waals surface area contributed by atoms with Crippen LogP contribution in [0.2, 0.25) is 5.02 Å². The van der Waals surface area contributed by atoms with Gasteiger partial charge in [-0.15, -0.1) is 11.8 Å². The molecule has 0 saturated carbocycles. The first-order chi connectivity index (χ1) is 8.69. The van der Waals surface area contributed by atoms with Crippen molar-refractivity contribution >= 4 is 29.3 Å². The molecule has 0 amide bonds. The molecule has 0 radical (unpaired) electrons. The number of rotatable bonds is 7. The molecule has 0 bridgehead atoms. The van der Waals surface area contributed by atoms with Crippen LogP contribution in [0.4, 0.5) is 0 Å². The first-order valence-electron chi connectivity index (χ1n) is 5.73. The second-order valence-corrected chi connectivity index (χ2v) is 5.05. The fourth-order valence-electron chi connectivity index (χ4n) is 1.44. The van der Waals surface area contributed by atoms with Crippen molar-refractivity contribution < 1.29 is 9.53 Å². The van der Waals surface area contributed by atoms with Gasteiger partial charge in [0.05, 0.1) is 12.1 Å². The van der Waals surface area contributed by atoms with E-state index in [-0.39, 0.29) is 12.0 Å². The minimum Gasteiger partial charge on any atom is -0.468 e. The number of aromatic nitrogens is 1. The first-order valence-corrected chi connectivity index (χ1v) is 7.10. The van der Waals surface area contributed by atoms with Crippen LogP contribution in [0.25, 0.3) is 0 Å². The molecule has 0 aliphatic rings. The largest absolute Gasteiger partial charge is 0.468 e. The van der Waals surface area contributed by atoms with E-state index in [0.29, 0.717) is 11.4 Å². The van der Waals surface area contributed by atoms with E-state index >= 15 is 0 Å². The number of carbonyl (C=O) groups is 1. The summed E-state index contributed by atoms with van der Waals surface area (Å²) in [5.74, 6) is 0.522. The smallest absolute Gasteiger partial charge is 0.322 e. The predicted octanol–water partition coefficient (Wildman–Crippen LogP) is 2.37. The van der Waals surface area contributed by atoms with Crippen LogP contribution in [0, 0.1) is 0 Å². The maximum atomic E-state index is 11.5. The number of hydrogen-bond donors (Lipinski definition) is 1. The topological polar surface area (TPSA) is 51.2 Å². The van der Waals surface area contributed by atoms with Crippen LogP contribution < -0.4 is 5.32 Å². The number of ether oxygens (including phenoxy) is 1. The third kappa shape index (κ3) is 4.84. The van der Waals surface area contributed by atoms with Crippen molar-refractivity contribution in [1.29, 1.82) is 0 Å². The van der Waals surface area contributed by atoms with Crippen LogP contribution >= 0.6 is 23.4 Å². The van der Waals surface area contributed by atoms with E-state index in [0.717, 1.165) is 17.3 Å². The Hall–Kier alpha value is -0.780. The molecule has 1 N–H and O–H groups in total. The van der Waals surface area contributed by atoms with Crippen LogP contribution in [0.3, 0.4) is 0 Å². The molecule has 0 aromatic carbocycles. The highest BCUT2D eigenvalue weighted by molar-refractivity contribution is 7.99. The second kappa shape index (κ2) is 8.34. The van der Waals surface area contributed by atoms with Crippen molar-refractivity contribution in [3.63, 3.8) is 0 Å². The molecule has 18 heavy (non-hydrogen) atoms. The number of likely N-dealkylation sites (N-methyl/N-ethyl adjacent to an activating group) is 1. The van der Waals surface area contributed by atoms with Crippen molar-refractivity contribution in [2.45, 2.75) is 24.4 Å². The van der Waals surface area contributed by atoms with Crippen molar-refractivity contribution in [2.24, 2.45) is 0 Å². The van der Waals surface area contributed by atoms with Gasteiger partial charge in [-0.3, -0.25) is 4.79 Å². The Bertz CT molecular complexity index is 390. The lowest BCUT2D eigenvalue weighted by molar-refractivity contribution is -0.143. The number of halogens is 1. The van der Waals surface area contributed by atoms with Gasteiger partial charge in [-0.1, -0.05) is 18.5 Å². The molecule has 1 aromatic heterocycles. The van der Waals surface area contributed by atoms with E-state index in [1.165, 1.54) is 18.9 Å². The summed E-state index contributed by atoms with van der Waals surface area (Å²) in [5.41, 5.74) is 0. The molecule has 100 valence electrons. The zero-order valence-corrected chi connectivity index (χ0v) is 12.1. The summed E-state index contributed by atoms with van der Waals surface area (Å²) in [4.78, 5) is 15.7. The Kier molecular flexibility index (Phi) is 7.08. The normalized spacial score (nSPS) is 12.2. The summed E-state index contributed by atoms with van der Waals surface area (Å²) in [6.07, 6.45) is 2.38. The van der Waals surface area contributed by atoms with Crippen molar-refractivity contribution in [3.05, 3.63) is 23.4 Å². The second-order valence-electron chi connectivity index (χ2n) is 3.56. The summed E-state index contributed by atoms with van der Waals surface area (Å²) in [6, 6.07) is 3.33. The van der Waals surface area contributed by atoms with Gasteiger partial charge in [-0.2, -0.15) is 0 Å². The van der Waals surface area contributed by atoms with Gasteiger partial charge in [0, 0.05) is 11.9 Å². The zero-order chi connectivity index (χ0) is 13.4. The van der Waals surface area contributed by atoms with Gasteiger partial charge in [0.15, 0.2) is 0 Å². The minimum atomic E-state index is -0.269. The Morgan fingerprint density at radius 1 is 1.67 bits per heavy atom. The van der Waals surface area contributed by atoms with E-state index in [4.69, 9.17) is 16.3 Å². The lowest BCUT2D eigenvalue weighted by atomic mass is 10.2. The highest BCUT2D eigenvalue weighted by atomic mass is 35.5. The van der Waals surface area contributed by atoms with E-state index in [1.807, 2.05) is 6.92 Å². The van der Waals surface area contributed by atoms with E-state index in [2.05, 4.69) is 10.3 Å². The molecule has 1 heterocycles. The average Bonchev–Trinajstić information content (AvgIpc) is 2.39. The maximum Gasteiger partial charge on any atom is 0.322 e. The standard InChI is InChI=1S/C12H17ClN2O2S/c1-3-14-10(12(16)17-2)6-8-18-11-9(13)5-4-7-15-11/h4-5,7,10,14H,3,6,8H2,1-2H3. The van der Waals surface area contributed by atoms with E-state index in [1.54, 1.807) is 18.3 Å². The number of methoxy groups -OCH3 is 1. The Morgan fingerprint density at radius 2 is 2.44 bits per heavy atom. The zero-order valence-electron chi connectivity index (χ0n) is 10.5.